The minimum atomic E-state index is -3.12. The van der Waals surface area contributed by atoms with Gasteiger partial charge >= 0.3 is 5.97 Å². The first-order chi connectivity index (χ1) is 9.35. The van der Waals surface area contributed by atoms with Gasteiger partial charge in [0.25, 0.3) is 0 Å². The van der Waals surface area contributed by atoms with Crippen molar-refractivity contribution < 1.29 is 23.1 Å². The first-order valence-electron chi connectivity index (χ1n) is 6.75. The highest BCUT2D eigenvalue weighted by molar-refractivity contribution is 7.91. The fourth-order valence-corrected chi connectivity index (χ4v) is 3.81. The van der Waals surface area contributed by atoms with Gasteiger partial charge in [0.15, 0.2) is 9.84 Å². The van der Waals surface area contributed by atoms with Crippen LogP contribution in [0.2, 0.25) is 0 Å². The molecule has 0 spiro atoms. The van der Waals surface area contributed by atoms with Gasteiger partial charge in [-0.05, 0) is 18.3 Å². The van der Waals surface area contributed by atoms with Crippen molar-refractivity contribution in [3.8, 4) is 0 Å². The minimum absolute atomic E-state index is 0.0381. The third-order valence-corrected chi connectivity index (χ3v) is 5.91. The number of carbonyl (C=O) groups excluding carboxylic acids is 1. The van der Waals surface area contributed by atoms with Crippen molar-refractivity contribution in [1.29, 1.82) is 0 Å². The Kier molecular flexibility index (Phi) is 4.17. The second-order valence-electron chi connectivity index (χ2n) is 5.37. The standard InChI is InChI=1S/C13H19NO5S/c1-2-20(18,19)6-5-14-12(15)10-8-3-4-9(7-8)11(10)13(16)17/h3-4,8-11H,2,5-7H2,1H3,(H,14,15)(H,16,17). The molecule has 20 heavy (non-hydrogen) atoms. The van der Waals surface area contributed by atoms with E-state index in [-0.39, 0.29) is 35.8 Å². The molecular weight excluding hydrogens is 282 g/mol. The minimum Gasteiger partial charge on any atom is -0.481 e. The topological polar surface area (TPSA) is 101 Å². The SMILES string of the molecule is CCS(=O)(=O)CCNC(=O)C1C2C=CC(C2)C1C(=O)O. The molecule has 2 aliphatic rings. The molecule has 1 saturated carbocycles. The Balaban J connectivity index is 1.95. The second-order valence-corrected chi connectivity index (χ2v) is 7.84. The maximum atomic E-state index is 12.1. The van der Waals surface area contributed by atoms with Gasteiger partial charge in [0, 0.05) is 12.3 Å². The van der Waals surface area contributed by atoms with Gasteiger partial charge in [-0.15, -0.1) is 0 Å². The number of amides is 1. The van der Waals surface area contributed by atoms with Gasteiger partial charge in [0.2, 0.25) is 5.91 Å². The number of fused-ring (bicyclic) bond motifs is 2. The smallest absolute Gasteiger partial charge is 0.307 e. The van der Waals surface area contributed by atoms with Crippen molar-refractivity contribution >= 4 is 21.7 Å². The summed E-state index contributed by atoms with van der Waals surface area (Å²) in [7, 11) is -3.12. The third-order valence-electron chi connectivity index (χ3n) is 4.20. The van der Waals surface area contributed by atoms with E-state index >= 15 is 0 Å². The van der Waals surface area contributed by atoms with E-state index in [9.17, 15) is 23.1 Å². The normalized spacial score (nSPS) is 31.4. The molecule has 2 bridgehead atoms. The van der Waals surface area contributed by atoms with E-state index in [0.717, 1.165) is 0 Å². The fraction of sp³-hybridized carbons (Fsp3) is 0.692. The van der Waals surface area contributed by atoms with Crippen LogP contribution in [0.5, 0.6) is 0 Å². The van der Waals surface area contributed by atoms with Crippen LogP contribution in [-0.2, 0) is 19.4 Å². The van der Waals surface area contributed by atoms with E-state index in [4.69, 9.17) is 0 Å². The van der Waals surface area contributed by atoms with Gasteiger partial charge in [0.1, 0.15) is 0 Å². The highest BCUT2D eigenvalue weighted by Gasteiger charge is 2.51. The molecule has 0 aromatic carbocycles. The number of carbonyl (C=O) groups is 2. The molecule has 0 radical (unpaired) electrons. The van der Waals surface area contributed by atoms with Crippen molar-refractivity contribution in [1.82, 2.24) is 5.32 Å². The molecule has 112 valence electrons. The Bertz CT molecular complexity index is 539. The Labute approximate surface area is 118 Å². The summed E-state index contributed by atoms with van der Waals surface area (Å²) < 4.78 is 22.7. The monoisotopic (exact) mass is 301 g/mol. The van der Waals surface area contributed by atoms with E-state index in [2.05, 4.69) is 5.32 Å². The first-order valence-corrected chi connectivity index (χ1v) is 8.57. The first kappa shape index (κ1) is 15.0. The highest BCUT2D eigenvalue weighted by atomic mass is 32.2. The van der Waals surface area contributed by atoms with Crippen molar-refractivity contribution in [3.63, 3.8) is 0 Å². The van der Waals surface area contributed by atoms with Crippen LogP contribution in [0.1, 0.15) is 13.3 Å². The van der Waals surface area contributed by atoms with Crippen LogP contribution >= 0.6 is 0 Å². The predicted molar refractivity (Wildman–Crippen MR) is 72.7 cm³/mol. The van der Waals surface area contributed by atoms with Crippen molar-refractivity contribution in [3.05, 3.63) is 12.2 Å². The predicted octanol–water partition coefficient (Wildman–Crippen LogP) is 0.0602. The summed E-state index contributed by atoms with van der Waals surface area (Å²) in [4.78, 5) is 23.4. The van der Waals surface area contributed by atoms with Crippen LogP contribution in [0, 0.1) is 23.7 Å². The largest absolute Gasteiger partial charge is 0.481 e. The van der Waals surface area contributed by atoms with Crippen LogP contribution < -0.4 is 5.32 Å². The molecule has 2 aliphatic carbocycles. The van der Waals surface area contributed by atoms with Crippen LogP contribution in [0.4, 0.5) is 0 Å². The summed E-state index contributed by atoms with van der Waals surface area (Å²) >= 11 is 0. The number of nitrogens with one attached hydrogen (secondary N) is 1. The highest BCUT2D eigenvalue weighted by Crippen LogP contribution is 2.48. The number of sulfone groups is 1. The molecule has 1 fully saturated rings. The maximum absolute atomic E-state index is 12.1. The number of allylic oxidation sites excluding steroid dienone is 2. The summed E-state index contributed by atoms with van der Waals surface area (Å²) in [6.45, 7) is 1.59. The van der Waals surface area contributed by atoms with Crippen molar-refractivity contribution in [2.24, 2.45) is 23.7 Å². The molecular formula is C13H19NO5S. The molecule has 0 aromatic heterocycles. The molecule has 4 unspecified atom stereocenters. The number of carboxylic acid groups (broad SMARTS) is 1. The third kappa shape index (κ3) is 2.87. The van der Waals surface area contributed by atoms with Gasteiger partial charge in [-0.25, -0.2) is 8.42 Å². The number of rotatable bonds is 6. The summed E-state index contributed by atoms with van der Waals surface area (Å²) in [6, 6.07) is 0. The van der Waals surface area contributed by atoms with Gasteiger partial charge < -0.3 is 10.4 Å². The zero-order valence-electron chi connectivity index (χ0n) is 11.3. The molecule has 2 rings (SSSR count). The number of hydrogen-bond donors (Lipinski definition) is 2. The quantitative estimate of drug-likeness (QED) is 0.676. The lowest BCUT2D eigenvalue weighted by molar-refractivity contribution is -0.147. The molecule has 4 atom stereocenters. The molecule has 0 heterocycles. The van der Waals surface area contributed by atoms with E-state index in [0.29, 0.717) is 6.42 Å². The Morgan fingerprint density at radius 1 is 1.25 bits per heavy atom. The average molecular weight is 301 g/mol. The zero-order valence-corrected chi connectivity index (χ0v) is 12.1. The number of aliphatic carboxylic acids is 1. The Morgan fingerprint density at radius 2 is 1.85 bits per heavy atom. The summed E-state index contributed by atoms with van der Waals surface area (Å²) in [5, 5.41) is 11.8. The molecule has 0 saturated heterocycles. The summed E-state index contributed by atoms with van der Waals surface area (Å²) in [5.74, 6) is -2.75. The van der Waals surface area contributed by atoms with Gasteiger partial charge in [-0.1, -0.05) is 19.1 Å². The van der Waals surface area contributed by atoms with Crippen LogP contribution in [0.3, 0.4) is 0 Å². The molecule has 0 aromatic rings. The van der Waals surface area contributed by atoms with Crippen LogP contribution in [-0.4, -0.2) is 43.5 Å². The number of hydrogen-bond acceptors (Lipinski definition) is 4. The lowest BCUT2D eigenvalue weighted by Gasteiger charge is -2.23. The van der Waals surface area contributed by atoms with Gasteiger partial charge in [0.05, 0.1) is 17.6 Å². The van der Waals surface area contributed by atoms with Gasteiger partial charge in [-0.3, -0.25) is 9.59 Å². The molecule has 7 heteroatoms. The zero-order chi connectivity index (χ0) is 14.9. The van der Waals surface area contributed by atoms with E-state index in [1.807, 2.05) is 12.2 Å². The summed E-state index contributed by atoms with van der Waals surface area (Å²) in [6.07, 6.45) is 4.47. The van der Waals surface area contributed by atoms with Gasteiger partial charge in [-0.2, -0.15) is 0 Å². The lowest BCUT2D eigenvalue weighted by Crippen LogP contribution is -2.41. The van der Waals surface area contributed by atoms with E-state index < -0.39 is 27.6 Å². The maximum Gasteiger partial charge on any atom is 0.307 e. The van der Waals surface area contributed by atoms with Crippen molar-refractivity contribution in [2.75, 3.05) is 18.1 Å². The summed E-state index contributed by atoms with van der Waals surface area (Å²) in [5.41, 5.74) is 0. The number of carboxylic acids is 1. The molecule has 2 N–H and O–H groups in total. The molecule has 6 nitrogen and oxygen atoms in total. The fourth-order valence-electron chi connectivity index (χ4n) is 3.11. The lowest BCUT2D eigenvalue weighted by atomic mass is 9.82. The second kappa shape index (κ2) is 5.55. The molecule has 0 aliphatic heterocycles. The van der Waals surface area contributed by atoms with Crippen LogP contribution in [0.25, 0.3) is 0 Å². The van der Waals surface area contributed by atoms with Crippen LogP contribution in [0.15, 0.2) is 12.2 Å². The van der Waals surface area contributed by atoms with E-state index in [1.54, 1.807) is 6.92 Å². The van der Waals surface area contributed by atoms with Crippen molar-refractivity contribution in [2.45, 2.75) is 13.3 Å². The Hall–Kier alpha value is -1.37. The average Bonchev–Trinajstić information content (AvgIpc) is 2.98. The van der Waals surface area contributed by atoms with E-state index in [1.165, 1.54) is 0 Å². The Morgan fingerprint density at radius 3 is 2.40 bits per heavy atom. The molecule has 1 amide bonds.